The fourth-order valence-electron chi connectivity index (χ4n) is 3.61. The first-order chi connectivity index (χ1) is 12.8. The summed E-state index contributed by atoms with van der Waals surface area (Å²) in [6, 6.07) is 11.4. The Bertz CT molecular complexity index is 905. The molecule has 0 N–H and O–H groups in total. The summed E-state index contributed by atoms with van der Waals surface area (Å²) in [6.07, 6.45) is 2.59. The third-order valence-corrected chi connectivity index (χ3v) is 6.68. The Hall–Kier alpha value is -2.41. The second-order valence-electron chi connectivity index (χ2n) is 7.34. The number of nitrogens with zero attached hydrogens (tertiary/aromatic N) is 3. The van der Waals surface area contributed by atoms with E-state index in [9.17, 15) is 13.2 Å². The SMILES string of the molecule is C[C@H]1C[C@H](C)CN(C(=O)c2cc(N(C)S(=O)(=O)c3ccccc3)ccn2)C1. The van der Waals surface area contributed by atoms with E-state index in [2.05, 4.69) is 18.8 Å². The maximum Gasteiger partial charge on any atom is 0.272 e. The molecule has 1 aliphatic rings. The van der Waals surface area contributed by atoms with Crippen molar-refractivity contribution in [3.05, 3.63) is 54.4 Å². The van der Waals surface area contributed by atoms with Gasteiger partial charge in [0, 0.05) is 26.3 Å². The zero-order valence-electron chi connectivity index (χ0n) is 15.9. The second-order valence-corrected chi connectivity index (χ2v) is 9.31. The van der Waals surface area contributed by atoms with Gasteiger partial charge in [0.25, 0.3) is 15.9 Å². The Morgan fingerprint density at radius 1 is 1.11 bits per heavy atom. The second kappa shape index (κ2) is 7.68. The monoisotopic (exact) mass is 387 g/mol. The Morgan fingerprint density at radius 2 is 1.74 bits per heavy atom. The number of aromatic nitrogens is 1. The van der Waals surface area contributed by atoms with Crippen molar-refractivity contribution in [2.24, 2.45) is 11.8 Å². The smallest absolute Gasteiger partial charge is 0.272 e. The van der Waals surface area contributed by atoms with Crippen LogP contribution in [0.15, 0.2) is 53.6 Å². The van der Waals surface area contributed by atoms with E-state index in [4.69, 9.17) is 0 Å². The third kappa shape index (κ3) is 4.13. The molecule has 1 aliphatic heterocycles. The predicted molar refractivity (Wildman–Crippen MR) is 105 cm³/mol. The molecule has 6 nitrogen and oxygen atoms in total. The minimum Gasteiger partial charge on any atom is -0.337 e. The van der Waals surface area contributed by atoms with Crippen molar-refractivity contribution in [3.63, 3.8) is 0 Å². The number of benzene rings is 1. The van der Waals surface area contributed by atoms with Crippen LogP contribution in [0.3, 0.4) is 0 Å². The summed E-state index contributed by atoms with van der Waals surface area (Å²) in [5, 5.41) is 0. The molecular weight excluding hydrogens is 362 g/mol. The van der Waals surface area contributed by atoms with Gasteiger partial charge in [0.1, 0.15) is 5.69 Å². The highest BCUT2D eigenvalue weighted by molar-refractivity contribution is 7.92. The Labute approximate surface area is 160 Å². The predicted octanol–water partition coefficient (Wildman–Crippen LogP) is 3.02. The molecule has 7 heteroatoms. The third-order valence-electron chi connectivity index (χ3n) is 4.88. The number of piperidine rings is 1. The van der Waals surface area contributed by atoms with Gasteiger partial charge >= 0.3 is 0 Å². The van der Waals surface area contributed by atoms with Crippen LogP contribution in [0.1, 0.15) is 30.8 Å². The fourth-order valence-corrected chi connectivity index (χ4v) is 4.82. The highest BCUT2D eigenvalue weighted by Gasteiger charge is 2.28. The van der Waals surface area contributed by atoms with Crippen LogP contribution in [-0.4, -0.2) is 44.3 Å². The molecule has 144 valence electrons. The van der Waals surface area contributed by atoms with Gasteiger partial charge < -0.3 is 4.90 Å². The van der Waals surface area contributed by atoms with Crippen LogP contribution in [0, 0.1) is 11.8 Å². The first-order valence-corrected chi connectivity index (χ1v) is 10.5. The van der Waals surface area contributed by atoms with E-state index in [-0.39, 0.29) is 16.5 Å². The van der Waals surface area contributed by atoms with Crippen LogP contribution in [0.5, 0.6) is 0 Å². The molecule has 0 aliphatic carbocycles. The molecule has 1 fully saturated rings. The number of hydrogen-bond acceptors (Lipinski definition) is 4. The summed E-state index contributed by atoms with van der Waals surface area (Å²) in [6.45, 7) is 5.68. The Kier molecular flexibility index (Phi) is 5.51. The molecule has 0 spiro atoms. The van der Waals surface area contributed by atoms with Crippen molar-refractivity contribution in [3.8, 4) is 0 Å². The molecule has 1 aromatic carbocycles. The summed E-state index contributed by atoms with van der Waals surface area (Å²) < 4.78 is 26.8. The van der Waals surface area contributed by atoms with E-state index in [0.717, 1.165) is 6.42 Å². The number of likely N-dealkylation sites (tertiary alicyclic amines) is 1. The lowest BCUT2D eigenvalue weighted by Crippen LogP contribution is -2.42. The van der Waals surface area contributed by atoms with Crippen molar-refractivity contribution in [2.45, 2.75) is 25.2 Å². The topological polar surface area (TPSA) is 70.6 Å². The molecule has 1 aromatic heterocycles. The van der Waals surface area contributed by atoms with Gasteiger partial charge in [0.2, 0.25) is 0 Å². The number of pyridine rings is 1. The van der Waals surface area contributed by atoms with E-state index in [1.807, 2.05) is 4.90 Å². The Balaban J connectivity index is 1.86. The highest BCUT2D eigenvalue weighted by Crippen LogP contribution is 2.25. The van der Waals surface area contributed by atoms with E-state index in [1.54, 1.807) is 42.5 Å². The maximum absolute atomic E-state index is 12.9. The average molecular weight is 388 g/mol. The number of rotatable bonds is 4. The molecule has 0 bridgehead atoms. The highest BCUT2D eigenvalue weighted by atomic mass is 32.2. The van der Waals surface area contributed by atoms with Gasteiger partial charge in [-0.15, -0.1) is 0 Å². The minimum absolute atomic E-state index is 0.152. The molecule has 2 atom stereocenters. The molecule has 0 saturated carbocycles. The first-order valence-electron chi connectivity index (χ1n) is 9.08. The van der Waals surface area contributed by atoms with Crippen molar-refractivity contribution in [1.82, 2.24) is 9.88 Å². The van der Waals surface area contributed by atoms with E-state index in [0.29, 0.717) is 30.6 Å². The summed E-state index contributed by atoms with van der Waals surface area (Å²) in [5.41, 5.74) is 0.680. The Morgan fingerprint density at radius 3 is 2.37 bits per heavy atom. The fraction of sp³-hybridized carbons (Fsp3) is 0.400. The lowest BCUT2D eigenvalue weighted by atomic mass is 9.92. The van der Waals surface area contributed by atoms with Gasteiger partial charge in [-0.3, -0.25) is 14.1 Å². The molecule has 1 saturated heterocycles. The lowest BCUT2D eigenvalue weighted by molar-refractivity contribution is 0.0617. The summed E-state index contributed by atoms with van der Waals surface area (Å²) >= 11 is 0. The van der Waals surface area contributed by atoms with Gasteiger partial charge in [0.05, 0.1) is 10.6 Å². The number of anilines is 1. The van der Waals surface area contributed by atoms with Crippen molar-refractivity contribution >= 4 is 21.6 Å². The number of hydrogen-bond donors (Lipinski definition) is 0. The average Bonchev–Trinajstić information content (AvgIpc) is 2.66. The summed E-state index contributed by atoms with van der Waals surface area (Å²) in [5.74, 6) is 0.741. The largest absolute Gasteiger partial charge is 0.337 e. The molecular formula is C20H25N3O3S. The van der Waals surface area contributed by atoms with Crippen LogP contribution >= 0.6 is 0 Å². The van der Waals surface area contributed by atoms with Crippen molar-refractivity contribution in [2.75, 3.05) is 24.4 Å². The van der Waals surface area contributed by atoms with Crippen molar-refractivity contribution in [1.29, 1.82) is 0 Å². The van der Waals surface area contributed by atoms with Crippen molar-refractivity contribution < 1.29 is 13.2 Å². The van der Waals surface area contributed by atoms with Gasteiger partial charge in [-0.25, -0.2) is 8.42 Å². The van der Waals surface area contributed by atoms with Crippen LogP contribution < -0.4 is 4.31 Å². The number of carbonyl (C=O) groups is 1. The van der Waals surface area contributed by atoms with Gasteiger partial charge in [-0.05, 0) is 42.5 Å². The molecule has 27 heavy (non-hydrogen) atoms. The molecule has 2 heterocycles. The standard InChI is InChI=1S/C20H25N3O3S/c1-15-11-16(2)14-23(13-15)20(24)19-12-17(9-10-21-19)22(3)27(25,26)18-7-5-4-6-8-18/h4-10,12,15-16H,11,13-14H2,1-3H3/t15-,16-/m0/s1. The van der Waals surface area contributed by atoms with E-state index in [1.165, 1.54) is 17.5 Å². The van der Waals surface area contributed by atoms with Crippen LogP contribution in [0.2, 0.25) is 0 Å². The number of carbonyl (C=O) groups excluding carboxylic acids is 1. The molecule has 2 aromatic rings. The lowest BCUT2D eigenvalue weighted by Gasteiger charge is -2.34. The minimum atomic E-state index is -3.70. The zero-order chi connectivity index (χ0) is 19.6. The number of amides is 1. The van der Waals surface area contributed by atoms with Crippen LogP contribution in [0.25, 0.3) is 0 Å². The number of sulfonamides is 1. The van der Waals surface area contributed by atoms with Gasteiger partial charge in [-0.1, -0.05) is 32.0 Å². The summed E-state index contributed by atoms with van der Waals surface area (Å²) in [7, 11) is -2.21. The molecule has 0 unspecified atom stereocenters. The van der Waals surface area contributed by atoms with Gasteiger partial charge in [0.15, 0.2) is 0 Å². The molecule has 3 rings (SSSR count). The van der Waals surface area contributed by atoms with Gasteiger partial charge in [-0.2, -0.15) is 0 Å². The molecule has 1 amide bonds. The molecule has 0 radical (unpaired) electrons. The van der Waals surface area contributed by atoms with E-state index < -0.39 is 10.0 Å². The normalized spacial score (nSPS) is 20.3. The van der Waals surface area contributed by atoms with Crippen LogP contribution in [-0.2, 0) is 10.0 Å². The summed E-state index contributed by atoms with van der Waals surface area (Å²) in [4.78, 5) is 19.1. The maximum atomic E-state index is 12.9. The quantitative estimate of drug-likeness (QED) is 0.809. The zero-order valence-corrected chi connectivity index (χ0v) is 16.7. The van der Waals surface area contributed by atoms with Crippen LogP contribution in [0.4, 0.5) is 5.69 Å². The van der Waals surface area contributed by atoms with E-state index >= 15 is 0 Å². The first kappa shape index (κ1) is 19.4.